The fraction of sp³-hybridized carbons (Fsp3) is 0.312. The standard InChI is InChI=1S/C16H18ClNO2S/c1-16(20,12-6-4-3-5-7-12)10-15(19)18(2)11-13-8-9-14(17)21-13/h3-9,20H,10-11H2,1-2H3. The van der Waals surface area contributed by atoms with Crippen LogP contribution in [0.2, 0.25) is 4.34 Å². The molecule has 0 aliphatic carbocycles. The first-order valence-electron chi connectivity index (χ1n) is 6.64. The van der Waals surface area contributed by atoms with E-state index in [2.05, 4.69) is 0 Å². The number of amides is 1. The molecule has 0 saturated heterocycles. The Labute approximate surface area is 133 Å². The molecule has 1 atom stereocenters. The Morgan fingerprint density at radius 1 is 1.29 bits per heavy atom. The first-order valence-corrected chi connectivity index (χ1v) is 7.84. The molecule has 0 radical (unpaired) electrons. The Kier molecular flexibility index (Phi) is 5.04. The van der Waals surface area contributed by atoms with E-state index in [1.807, 2.05) is 42.5 Å². The van der Waals surface area contributed by atoms with E-state index in [1.165, 1.54) is 11.3 Å². The second-order valence-electron chi connectivity index (χ2n) is 5.27. The molecule has 0 fully saturated rings. The third-order valence-corrected chi connectivity index (χ3v) is 4.55. The van der Waals surface area contributed by atoms with E-state index in [-0.39, 0.29) is 12.3 Å². The highest BCUT2D eigenvalue weighted by molar-refractivity contribution is 7.16. The Bertz CT molecular complexity index is 610. The van der Waals surface area contributed by atoms with Crippen LogP contribution in [-0.2, 0) is 16.9 Å². The lowest BCUT2D eigenvalue weighted by atomic mass is 9.92. The molecule has 2 rings (SSSR count). The summed E-state index contributed by atoms with van der Waals surface area (Å²) in [7, 11) is 1.73. The number of aliphatic hydroxyl groups is 1. The quantitative estimate of drug-likeness (QED) is 0.912. The predicted octanol–water partition coefficient (Wildman–Crippen LogP) is 3.66. The normalized spacial score (nSPS) is 13.7. The third-order valence-electron chi connectivity index (χ3n) is 3.34. The maximum Gasteiger partial charge on any atom is 0.225 e. The number of hydrogen-bond acceptors (Lipinski definition) is 3. The van der Waals surface area contributed by atoms with Crippen LogP contribution >= 0.6 is 22.9 Å². The zero-order chi connectivity index (χ0) is 15.5. The number of rotatable bonds is 5. The zero-order valence-electron chi connectivity index (χ0n) is 12.0. The molecule has 2 aromatic rings. The third kappa shape index (κ3) is 4.30. The summed E-state index contributed by atoms with van der Waals surface area (Å²) in [5.74, 6) is -0.103. The molecular weight excluding hydrogens is 306 g/mol. The van der Waals surface area contributed by atoms with Crippen molar-refractivity contribution in [1.29, 1.82) is 0 Å². The minimum atomic E-state index is -1.17. The van der Waals surface area contributed by atoms with Crippen molar-refractivity contribution in [2.24, 2.45) is 0 Å². The van der Waals surface area contributed by atoms with Crippen molar-refractivity contribution in [3.05, 3.63) is 57.2 Å². The summed E-state index contributed by atoms with van der Waals surface area (Å²) in [4.78, 5) is 14.9. The van der Waals surface area contributed by atoms with Crippen LogP contribution in [0.5, 0.6) is 0 Å². The summed E-state index contributed by atoms with van der Waals surface area (Å²) >= 11 is 7.34. The monoisotopic (exact) mass is 323 g/mol. The molecule has 3 nitrogen and oxygen atoms in total. The van der Waals surface area contributed by atoms with Crippen LogP contribution in [0.3, 0.4) is 0 Å². The van der Waals surface area contributed by atoms with E-state index in [0.717, 1.165) is 10.4 Å². The Morgan fingerprint density at radius 3 is 2.52 bits per heavy atom. The van der Waals surface area contributed by atoms with Crippen LogP contribution in [0.1, 0.15) is 23.8 Å². The van der Waals surface area contributed by atoms with Gasteiger partial charge in [0.05, 0.1) is 22.9 Å². The maximum absolute atomic E-state index is 12.3. The van der Waals surface area contributed by atoms with Gasteiger partial charge in [-0.2, -0.15) is 0 Å². The van der Waals surface area contributed by atoms with Gasteiger partial charge in [-0.1, -0.05) is 41.9 Å². The molecule has 0 aliphatic rings. The van der Waals surface area contributed by atoms with Gasteiger partial charge < -0.3 is 10.0 Å². The van der Waals surface area contributed by atoms with Crippen LogP contribution in [0, 0.1) is 0 Å². The topological polar surface area (TPSA) is 40.5 Å². The number of carbonyl (C=O) groups excluding carboxylic acids is 1. The number of halogens is 1. The second-order valence-corrected chi connectivity index (χ2v) is 7.07. The van der Waals surface area contributed by atoms with E-state index in [9.17, 15) is 9.90 Å². The van der Waals surface area contributed by atoms with Crippen molar-refractivity contribution in [2.75, 3.05) is 7.05 Å². The van der Waals surface area contributed by atoms with Gasteiger partial charge >= 0.3 is 0 Å². The summed E-state index contributed by atoms with van der Waals surface area (Å²) in [6.07, 6.45) is 0.0482. The fourth-order valence-corrected chi connectivity index (χ4v) is 3.23. The lowest BCUT2D eigenvalue weighted by Gasteiger charge is -2.26. The summed E-state index contributed by atoms with van der Waals surface area (Å²) in [5, 5.41) is 10.5. The lowest BCUT2D eigenvalue weighted by molar-refractivity contribution is -0.135. The van der Waals surface area contributed by atoms with E-state index < -0.39 is 5.60 Å². The smallest absolute Gasteiger partial charge is 0.225 e. The summed E-state index contributed by atoms with van der Waals surface area (Å²) in [6.45, 7) is 2.16. The van der Waals surface area contributed by atoms with Crippen molar-refractivity contribution in [3.8, 4) is 0 Å². The minimum Gasteiger partial charge on any atom is -0.385 e. The van der Waals surface area contributed by atoms with Gasteiger partial charge in [0.25, 0.3) is 0 Å². The van der Waals surface area contributed by atoms with Gasteiger partial charge in [-0.3, -0.25) is 4.79 Å². The van der Waals surface area contributed by atoms with E-state index in [4.69, 9.17) is 11.6 Å². The van der Waals surface area contributed by atoms with E-state index in [1.54, 1.807) is 18.9 Å². The second kappa shape index (κ2) is 6.60. The van der Waals surface area contributed by atoms with Gasteiger partial charge in [0.1, 0.15) is 0 Å². The van der Waals surface area contributed by atoms with Gasteiger partial charge in [0.2, 0.25) is 5.91 Å². The number of thiophene rings is 1. The Morgan fingerprint density at radius 2 is 1.95 bits per heavy atom. The molecular formula is C16H18ClNO2S. The highest BCUT2D eigenvalue weighted by Gasteiger charge is 2.28. The molecule has 0 spiro atoms. The van der Waals surface area contributed by atoms with Gasteiger partial charge in [-0.15, -0.1) is 11.3 Å². The average molecular weight is 324 g/mol. The summed E-state index contributed by atoms with van der Waals surface area (Å²) < 4.78 is 0.710. The molecule has 0 aliphatic heterocycles. The fourth-order valence-electron chi connectivity index (χ4n) is 2.09. The van der Waals surface area contributed by atoms with Crippen molar-refractivity contribution >= 4 is 28.8 Å². The highest BCUT2D eigenvalue weighted by atomic mass is 35.5. The molecule has 21 heavy (non-hydrogen) atoms. The zero-order valence-corrected chi connectivity index (χ0v) is 13.6. The first kappa shape index (κ1) is 16.0. The summed E-state index contributed by atoms with van der Waals surface area (Å²) in [6, 6.07) is 13.0. The van der Waals surface area contributed by atoms with Crippen LogP contribution in [0.15, 0.2) is 42.5 Å². The molecule has 1 amide bonds. The van der Waals surface area contributed by atoms with Gasteiger partial charge in [-0.25, -0.2) is 0 Å². The Hall–Kier alpha value is -1.36. The van der Waals surface area contributed by atoms with Crippen LogP contribution in [0.4, 0.5) is 0 Å². The van der Waals surface area contributed by atoms with Crippen LogP contribution in [-0.4, -0.2) is 23.0 Å². The molecule has 1 heterocycles. The average Bonchev–Trinajstić information content (AvgIpc) is 2.84. The predicted molar refractivity (Wildman–Crippen MR) is 86.4 cm³/mol. The molecule has 5 heteroatoms. The van der Waals surface area contributed by atoms with E-state index in [0.29, 0.717) is 10.9 Å². The molecule has 0 saturated carbocycles. The molecule has 1 aromatic heterocycles. The van der Waals surface area contributed by atoms with Crippen molar-refractivity contribution in [1.82, 2.24) is 4.90 Å². The number of nitrogens with zero attached hydrogens (tertiary/aromatic N) is 1. The molecule has 0 bridgehead atoms. The first-order chi connectivity index (χ1) is 9.88. The summed E-state index contributed by atoms with van der Waals surface area (Å²) in [5.41, 5.74) is -0.425. The van der Waals surface area contributed by atoms with Gasteiger partial charge in [0, 0.05) is 11.9 Å². The number of benzene rings is 1. The molecule has 1 N–H and O–H groups in total. The minimum absolute atomic E-state index is 0.0482. The van der Waals surface area contributed by atoms with Gasteiger partial charge in [0.15, 0.2) is 0 Å². The number of hydrogen-bond donors (Lipinski definition) is 1. The lowest BCUT2D eigenvalue weighted by Crippen LogP contribution is -2.33. The SMILES string of the molecule is CN(Cc1ccc(Cl)s1)C(=O)CC(C)(O)c1ccccc1. The van der Waals surface area contributed by atoms with Crippen LogP contribution in [0.25, 0.3) is 0 Å². The molecule has 1 unspecified atom stereocenters. The van der Waals surface area contributed by atoms with E-state index >= 15 is 0 Å². The largest absolute Gasteiger partial charge is 0.385 e. The van der Waals surface area contributed by atoms with Crippen molar-refractivity contribution in [3.63, 3.8) is 0 Å². The van der Waals surface area contributed by atoms with Gasteiger partial charge in [-0.05, 0) is 24.6 Å². The van der Waals surface area contributed by atoms with Crippen molar-refractivity contribution in [2.45, 2.75) is 25.5 Å². The number of carbonyl (C=O) groups is 1. The van der Waals surface area contributed by atoms with Crippen molar-refractivity contribution < 1.29 is 9.90 Å². The Balaban J connectivity index is 2.00. The van der Waals surface area contributed by atoms with Crippen LogP contribution < -0.4 is 0 Å². The highest BCUT2D eigenvalue weighted by Crippen LogP contribution is 2.26. The maximum atomic E-state index is 12.3. The molecule has 1 aromatic carbocycles. The molecule has 112 valence electrons.